The van der Waals surface area contributed by atoms with E-state index < -0.39 is 24.0 Å². The first kappa shape index (κ1) is 22.0. The van der Waals surface area contributed by atoms with Crippen LogP contribution in [-0.4, -0.2) is 46.0 Å². The van der Waals surface area contributed by atoms with Gasteiger partial charge in [0.05, 0.1) is 6.42 Å². The molecule has 1 atom stereocenters. The zero-order chi connectivity index (χ0) is 23.4. The first-order valence-electron chi connectivity index (χ1n) is 10.4. The van der Waals surface area contributed by atoms with Crippen molar-refractivity contribution in [3.05, 3.63) is 65.4 Å². The Morgan fingerprint density at radius 2 is 1.70 bits per heavy atom. The van der Waals surface area contributed by atoms with Crippen molar-refractivity contribution in [2.45, 2.75) is 31.7 Å². The molecule has 2 aromatic carbocycles. The number of rotatable bonds is 8. The van der Waals surface area contributed by atoms with Gasteiger partial charge >= 0.3 is 12.1 Å². The smallest absolute Gasteiger partial charge is 0.412 e. The lowest BCUT2D eigenvalue weighted by Crippen LogP contribution is -2.36. The lowest BCUT2D eigenvalue weighted by molar-refractivity contribution is -0.137. The molecule has 4 rings (SSSR count). The SMILES string of the molecule is CC[C@H](CC(=O)O)NC(=O)c1nonc1NC(=O)OCC1c2ccccc2-c2ccccc21. The quantitative estimate of drug-likeness (QED) is 0.474. The van der Waals surface area contributed by atoms with Crippen LogP contribution in [0.2, 0.25) is 0 Å². The highest BCUT2D eigenvalue weighted by atomic mass is 16.6. The Hall–Kier alpha value is -4.21. The van der Waals surface area contributed by atoms with Crippen LogP contribution in [-0.2, 0) is 9.53 Å². The van der Waals surface area contributed by atoms with E-state index >= 15 is 0 Å². The fourth-order valence-corrected chi connectivity index (χ4v) is 3.91. The van der Waals surface area contributed by atoms with Gasteiger partial charge in [0, 0.05) is 12.0 Å². The average molecular weight is 450 g/mol. The van der Waals surface area contributed by atoms with Crippen molar-refractivity contribution in [2.75, 3.05) is 11.9 Å². The van der Waals surface area contributed by atoms with E-state index in [1.54, 1.807) is 6.92 Å². The van der Waals surface area contributed by atoms with Gasteiger partial charge in [0.2, 0.25) is 11.5 Å². The fraction of sp³-hybridized carbons (Fsp3) is 0.261. The zero-order valence-corrected chi connectivity index (χ0v) is 17.8. The summed E-state index contributed by atoms with van der Waals surface area (Å²) in [7, 11) is 0. The van der Waals surface area contributed by atoms with Gasteiger partial charge in [-0.15, -0.1) is 0 Å². The topological polar surface area (TPSA) is 144 Å². The Balaban J connectivity index is 1.40. The molecule has 0 saturated heterocycles. The van der Waals surface area contributed by atoms with Crippen molar-refractivity contribution < 1.29 is 28.9 Å². The third-order valence-electron chi connectivity index (χ3n) is 5.52. The van der Waals surface area contributed by atoms with Crippen molar-refractivity contribution in [2.24, 2.45) is 0 Å². The van der Waals surface area contributed by atoms with Gasteiger partial charge in [-0.3, -0.25) is 14.9 Å². The monoisotopic (exact) mass is 450 g/mol. The average Bonchev–Trinajstić information content (AvgIpc) is 3.39. The minimum absolute atomic E-state index is 0.0865. The van der Waals surface area contributed by atoms with Crippen LogP contribution in [0.1, 0.15) is 47.3 Å². The molecule has 2 amide bonds. The largest absolute Gasteiger partial charge is 0.481 e. The summed E-state index contributed by atoms with van der Waals surface area (Å²) in [4.78, 5) is 35.8. The number of nitrogens with one attached hydrogen (secondary N) is 2. The van der Waals surface area contributed by atoms with Gasteiger partial charge in [0.25, 0.3) is 5.91 Å². The molecule has 10 nitrogen and oxygen atoms in total. The summed E-state index contributed by atoms with van der Waals surface area (Å²) in [6.45, 7) is 1.83. The van der Waals surface area contributed by atoms with E-state index in [9.17, 15) is 14.4 Å². The lowest BCUT2D eigenvalue weighted by atomic mass is 9.98. The second kappa shape index (κ2) is 9.51. The van der Waals surface area contributed by atoms with E-state index in [1.165, 1.54) is 0 Å². The van der Waals surface area contributed by atoms with Crippen LogP contribution in [0.5, 0.6) is 0 Å². The van der Waals surface area contributed by atoms with Crippen LogP contribution in [0.3, 0.4) is 0 Å². The van der Waals surface area contributed by atoms with Crippen LogP contribution in [0.4, 0.5) is 10.6 Å². The number of hydrogen-bond acceptors (Lipinski definition) is 7. The second-order valence-electron chi connectivity index (χ2n) is 7.59. The van der Waals surface area contributed by atoms with Crippen molar-refractivity contribution >= 4 is 23.8 Å². The summed E-state index contributed by atoms with van der Waals surface area (Å²) in [5, 5.41) is 20.9. The van der Waals surface area contributed by atoms with Crippen molar-refractivity contribution in [3.8, 4) is 11.1 Å². The lowest BCUT2D eigenvalue weighted by Gasteiger charge is -2.15. The Labute approximate surface area is 188 Å². The van der Waals surface area contributed by atoms with Crippen LogP contribution < -0.4 is 10.6 Å². The van der Waals surface area contributed by atoms with Crippen LogP contribution in [0.15, 0.2) is 53.2 Å². The molecule has 0 spiro atoms. The molecule has 1 aliphatic carbocycles. The van der Waals surface area contributed by atoms with Gasteiger partial charge in [-0.25, -0.2) is 9.42 Å². The number of fused-ring (bicyclic) bond motifs is 3. The molecule has 0 radical (unpaired) electrons. The summed E-state index contributed by atoms with van der Waals surface area (Å²) in [5.74, 6) is -2.09. The Morgan fingerprint density at radius 3 is 2.30 bits per heavy atom. The third-order valence-corrected chi connectivity index (χ3v) is 5.52. The fourth-order valence-electron chi connectivity index (χ4n) is 3.91. The number of carboxylic acid groups (broad SMARTS) is 1. The predicted molar refractivity (Wildman–Crippen MR) is 117 cm³/mol. The highest BCUT2D eigenvalue weighted by Crippen LogP contribution is 2.44. The molecule has 1 aromatic heterocycles. The number of benzene rings is 2. The molecule has 3 N–H and O–H groups in total. The minimum Gasteiger partial charge on any atom is -0.481 e. The number of aromatic nitrogens is 2. The molecule has 0 fully saturated rings. The molecule has 170 valence electrons. The molecule has 0 bridgehead atoms. The van der Waals surface area contributed by atoms with E-state index in [-0.39, 0.29) is 30.5 Å². The maximum atomic E-state index is 12.4. The maximum absolute atomic E-state index is 12.4. The molecule has 10 heteroatoms. The summed E-state index contributed by atoms with van der Waals surface area (Å²) in [6, 6.07) is 15.3. The van der Waals surface area contributed by atoms with Gasteiger partial charge in [-0.2, -0.15) is 0 Å². The summed E-state index contributed by atoms with van der Waals surface area (Å²) < 4.78 is 10.0. The Bertz CT molecular complexity index is 1150. The van der Waals surface area contributed by atoms with E-state index in [0.29, 0.717) is 6.42 Å². The van der Waals surface area contributed by atoms with Crippen molar-refractivity contribution in [1.29, 1.82) is 0 Å². The first-order chi connectivity index (χ1) is 16.0. The van der Waals surface area contributed by atoms with Gasteiger partial charge in [-0.05, 0) is 39.0 Å². The number of ether oxygens (including phenoxy) is 1. The van der Waals surface area contributed by atoms with Gasteiger partial charge in [0.15, 0.2) is 0 Å². The van der Waals surface area contributed by atoms with Crippen LogP contribution in [0, 0.1) is 0 Å². The Morgan fingerprint density at radius 1 is 1.06 bits per heavy atom. The van der Waals surface area contributed by atoms with E-state index in [2.05, 4.69) is 25.6 Å². The van der Waals surface area contributed by atoms with Gasteiger partial charge in [0.1, 0.15) is 6.61 Å². The van der Waals surface area contributed by atoms with Gasteiger partial charge < -0.3 is 15.2 Å². The summed E-state index contributed by atoms with van der Waals surface area (Å²) >= 11 is 0. The minimum atomic E-state index is -1.04. The molecule has 0 unspecified atom stereocenters. The predicted octanol–water partition coefficient (Wildman–Crippen LogP) is 3.41. The third kappa shape index (κ3) is 4.69. The van der Waals surface area contributed by atoms with Gasteiger partial charge in [-0.1, -0.05) is 55.5 Å². The standard InChI is InChI=1S/C23H22N4O6/c1-2-13(11-19(28)29)24-22(30)20-21(27-33-26-20)25-23(31)32-12-18-16-9-5-3-7-14(16)15-8-4-6-10-17(15)18/h3-10,13,18H,2,11-12H2,1H3,(H,24,30)(H,28,29)(H,25,27,31)/t13-/m1/s1. The maximum Gasteiger partial charge on any atom is 0.412 e. The Kier molecular flexibility index (Phi) is 6.34. The van der Waals surface area contributed by atoms with Crippen LogP contribution in [0.25, 0.3) is 11.1 Å². The number of carboxylic acids is 1. The normalized spacial score (nSPS) is 13.0. The van der Waals surface area contributed by atoms with E-state index in [1.807, 2.05) is 48.5 Å². The number of amides is 2. The summed E-state index contributed by atoms with van der Waals surface area (Å²) in [5.41, 5.74) is 4.08. The molecule has 0 saturated carbocycles. The number of anilines is 1. The number of carbonyl (C=O) groups excluding carboxylic acids is 2. The molecule has 3 aromatic rings. The number of hydrogen-bond donors (Lipinski definition) is 3. The van der Waals surface area contributed by atoms with Crippen molar-refractivity contribution in [1.82, 2.24) is 15.6 Å². The first-order valence-corrected chi connectivity index (χ1v) is 10.4. The molecular formula is C23H22N4O6. The number of aliphatic carboxylic acids is 1. The molecule has 1 heterocycles. The van der Waals surface area contributed by atoms with Crippen LogP contribution >= 0.6 is 0 Å². The molecule has 33 heavy (non-hydrogen) atoms. The number of nitrogens with zero attached hydrogens (tertiary/aromatic N) is 2. The molecule has 1 aliphatic rings. The summed E-state index contributed by atoms with van der Waals surface area (Å²) in [6.07, 6.45) is -0.666. The highest BCUT2D eigenvalue weighted by molar-refractivity contribution is 5.99. The molecule has 0 aliphatic heterocycles. The van der Waals surface area contributed by atoms with E-state index in [4.69, 9.17) is 9.84 Å². The molecular weight excluding hydrogens is 428 g/mol. The number of carbonyl (C=O) groups is 3. The van der Waals surface area contributed by atoms with E-state index in [0.717, 1.165) is 22.3 Å². The highest BCUT2D eigenvalue weighted by Gasteiger charge is 2.29. The van der Waals surface area contributed by atoms with Crippen molar-refractivity contribution in [3.63, 3.8) is 0 Å². The zero-order valence-electron chi connectivity index (χ0n) is 17.8. The second-order valence-corrected chi connectivity index (χ2v) is 7.59.